The van der Waals surface area contributed by atoms with Crippen molar-refractivity contribution in [2.24, 2.45) is 5.92 Å². The third-order valence-corrected chi connectivity index (χ3v) is 7.08. The number of nitrogens with zero attached hydrogens (tertiary/aromatic N) is 1. The number of benzene rings is 2. The van der Waals surface area contributed by atoms with Gasteiger partial charge >= 0.3 is 0 Å². The summed E-state index contributed by atoms with van der Waals surface area (Å²) in [6, 6.07) is 11.3. The van der Waals surface area contributed by atoms with Gasteiger partial charge in [0.2, 0.25) is 10.0 Å². The summed E-state index contributed by atoms with van der Waals surface area (Å²) >= 11 is 5.93. The van der Waals surface area contributed by atoms with Crippen molar-refractivity contribution >= 4 is 33.2 Å². The normalized spacial score (nSPS) is 16.3. The number of hydrogen-bond acceptors (Lipinski definition) is 3. The molecule has 0 aliphatic carbocycles. The van der Waals surface area contributed by atoms with Crippen LogP contribution in [0.25, 0.3) is 0 Å². The summed E-state index contributed by atoms with van der Waals surface area (Å²) in [6.45, 7) is 5.08. The molecule has 7 heteroatoms. The van der Waals surface area contributed by atoms with E-state index in [1.807, 2.05) is 6.92 Å². The van der Waals surface area contributed by atoms with E-state index in [1.54, 1.807) is 30.3 Å². The summed E-state index contributed by atoms with van der Waals surface area (Å²) in [6.07, 6.45) is 1.75. The number of carbonyl (C=O) groups excluding carboxylic acids is 1. The quantitative estimate of drug-likeness (QED) is 0.822. The molecule has 1 aliphatic rings. The number of amides is 1. The molecule has 27 heavy (non-hydrogen) atoms. The third kappa shape index (κ3) is 4.51. The van der Waals surface area contributed by atoms with Crippen LogP contribution in [0.15, 0.2) is 47.4 Å². The first kappa shape index (κ1) is 19.9. The number of rotatable bonds is 4. The molecular formula is C20H23ClN2O3S. The van der Waals surface area contributed by atoms with E-state index >= 15 is 0 Å². The predicted molar refractivity (Wildman–Crippen MR) is 108 cm³/mol. The largest absolute Gasteiger partial charge is 0.322 e. The highest BCUT2D eigenvalue weighted by molar-refractivity contribution is 7.89. The molecule has 2 aromatic carbocycles. The maximum absolute atomic E-state index is 12.8. The lowest BCUT2D eigenvalue weighted by atomic mass is 10.0. The van der Waals surface area contributed by atoms with Gasteiger partial charge in [-0.3, -0.25) is 4.79 Å². The number of anilines is 1. The Morgan fingerprint density at radius 2 is 1.74 bits per heavy atom. The Morgan fingerprint density at radius 3 is 2.33 bits per heavy atom. The van der Waals surface area contributed by atoms with E-state index in [9.17, 15) is 13.2 Å². The van der Waals surface area contributed by atoms with Gasteiger partial charge in [-0.05, 0) is 73.7 Å². The van der Waals surface area contributed by atoms with E-state index in [1.165, 1.54) is 16.4 Å². The van der Waals surface area contributed by atoms with E-state index in [4.69, 9.17) is 11.6 Å². The topological polar surface area (TPSA) is 66.5 Å². The molecule has 0 radical (unpaired) electrons. The Balaban J connectivity index is 1.73. The van der Waals surface area contributed by atoms with E-state index in [0.717, 1.165) is 18.4 Å². The van der Waals surface area contributed by atoms with E-state index in [0.29, 0.717) is 35.3 Å². The minimum Gasteiger partial charge on any atom is -0.322 e. The average Bonchev–Trinajstić information content (AvgIpc) is 2.64. The van der Waals surface area contributed by atoms with Gasteiger partial charge in [-0.25, -0.2) is 8.42 Å². The summed E-state index contributed by atoms with van der Waals surface area (Å²) in [4.78, 5) is 12.7. The highest BCUT2D eigenvalue weighted by atomic mass is 35.5. The maximum atomic E-state index is 12.8. The number of aryl methyl sites for hydroxylation is 1. The highest BCUT2D eigenvalue weighted by Gasteiger charge is 2.28. The lowest BCUT2D eigenvalue weighted by molar-refractivity contribution is 0.102. The molecule has 0 bridgehead atoms. The molecule has 1 fully saturated rings. The molecule has 1 heterocycles. The van der Waals surface area contributed by atoms with Gasteiger partial charge < -0.3 is 5.32 Å². The number of halogens is 1. The van der Waals surface area contributed by atoms with Crippen molar-refractivity contribution in [1.82, 2.24) is 4.31 Å². The number of piperidine rings is 1. The van der Waals surface area contributed by atoms with Crippen LogP contribution in [0.3, 0.4) is 0 Å². The molecule has 5 nitrogen and oxygen atoms in total. The first-order valence-corrected chi connectivity index (χ1v) is 10.8. The zero-order valence-corrected chi connectivity index (χ0v) is 17.0. The molecule has 3 rings (SSSR count). The Bertz CT molecular complexity index is 934. The average molecular weight is 407 g/mol. The molecule has 1 amide bonds. The molecule has 1 N–H and O–H groups in total. The van der Waals surface area contributed by atoms with Crippen molar-refractivity contribution in [1.29, 1.82) is 0 Å². The van der Waals surface area contributed by atoms with E-state index in [2.05, 4.69) is 12.2 Å². The van der Waals surface area contributed by atoms with Gasteiger partial charge in [0.15, 0.2) is 0 Å². The van der Waals surface area contributed by atoms with Gasteiger partial charge in [0.05, 0.1) is 4.90 Å². The summed E-state index contributed by atoms with van der Waals surface area (Å²) in [7, 11) is -3.51. The van der Waals surface area contributed by atoms with E-state index in [-0.39, 0.29) is 10.8 Å². The lowest BCUT2D eigenvalue weighted by Gasteiger charge is -2.29. The van der Waals surface area contributed by atoms with Crippen LogP contribution in [0.1, 0.15) is 35.7 Å². The second kappa shape index (κ2) is 8.00. The van der Waals surface area contributed by atoms with Crippen molar-refractivity contribution < 1.29 is 13.2 Å². The molecule has 1 saturated heterocycles. The van der Waals surface area contributed by atoms with Gasteiger partial charge in [0.1, 0.15) is 0 Å². The number of nitrogens with one attached hydrogen (secondary N) is 1. The lowest BCUT2D eigenvalue weighted by Crippen LogP contribution is -2.37. The van der Waals surface area contributed by atoms with Crippen LogP contribution < -0.4 is 5.32 Å². The zero-order valence-electron chi connectivity index (χ0n) is 15.4. The second-order valence-electron chi connectivity index (χ2n) is 7.02. The van der Waals surface area contributed by atoms with E-state index < -0.39 is 10.0 Å². The first-order valence-electron chi connectivity index (χ1n) is 8.95. The molecule has 0 atom stereocenters. The first-order chi connectivity index (χ1) is 12.8. The van der Waals surface area contributed by atoms with Crippen molar-refractivity contribution in [3.63, 3.8) is 0 Å². The Labute approximate surface area is 165 Å². The number of carbonyl (C=O) groups is 1. The van der Waals surface area contributed by atoms with Crippen molar-refractivity contribution in [3.8, 4) is 0 Å². The predicted octanol–water partition coefficient (Wildman–Crippen LogP) is 4.32. The highest BCUT2D eigenvalue weighted by Crippen LogP contribution is 2.24. The van der Waals surface area contributed by atoms with Crippen molar-refractivity contribution in [2.75, 3.05) is 18.4 Å². The molecule has 2 aromatic rings. The third-order valence-electron chi connectivity index (χ3n) is 4.93. The van der Waals surface area contributed by atoms with Gasteiger partial charge in [-0.15, -0.1) is 0 Å². The number of sulfonamides is 1. The minimum absolute atomic E-state index is 0.219. The summed E-state index contributed by atoms with van der Waals surface area (Å²) in [5.41, 5.74) is 1.92. The zero-order chi connectivity index (χ0) is 19.6. The maximum Gasteiger partial charge on any atom is 0.255 e. The fourth-order valence-corrected chi connectivity index (χ4v) is 4.81. The van der Waals surface area contributed by atoms with Crippen molar-refractivity contribution in [3.05, 3.63) is 58.6 Å². The van der Waals surface area contributed by atoms with Crippen LogP contribution >= 0.6 is 11.6 Å². The summed E-state index contributed by atoms with van der Waals surface area (Å²) in [5, 5.41) is 3.43. The van der Waals surface area contributed by atoms with Crippen LogP contribution in [-0.2, 0) is 10.0 Å². The number of hydrogen-bond donors (Lipinski definition) is 1. The molecule has 0 unspecified atom stereocenters. The standard InChI is InChI=1S/C20H23ClN2O3S/c1-14-9-11-23(12-10-14)27(25,26)18-6-3-16(4-7-18)20(24)22-19-8-5-17(21)13-15(19)2/h3-8,13-14H,9-12H2,1-2H3,(H,22,24). The van der Waals surface area contributed by atoms with Crippen LogP contribution in [0, 0.1) is 12.8 Å². The van der Waals surface area contributed by atoms with Crippen LogP contribution in [0.5, 0.6) is 0 Å². The van der Waals surface area contributed by atoms with Crippen molar-refractivity contribution in [2.45, 2.75) is 31.6 Å². The monoisotopic (exact) mass is 406 g/mol. The fraction of sp³-hybridized carbons (Fsp3) is 0.350. The Morgan fingerprint density at radius 1 is 1.11 bits per heavy atom. The Kier molecular flexibility index (Phi) is 5.89. The SMILES string of the molecule is Cc1cc(Cl)ccc1NC(=O)c1ccc(S(=O)(=O)N2CCC(C)CC2)cc1. The molecule has 0 aromatic heterocycles. The Hall–Kier alpha value is -1.89. The van der Waals surface area contributed by atoms with Crippen LogP contribution in [0.2, 0.25) is 5.02 Å². The summed E-state index contributed by atoms with van der Waals surface area (Å²) in [5.74, 6) is 0.259. The minimum atomic E-state index is -3.51. The molecule has 144 valence electrons. The van der Waals surface area contributed by atoms with Gasteiger partial charge in [-0.1, -0.05) is 18.5 Å². The van der Waals surface area contributed by atoms with Gasteiger partial charge in [0, 0.05) is 29.4 Å². The molecule has 0 saturated carbocycles. The van der Waals surface area contributed by atoms with Gasteiger partial charge in [-0.2, -0.15) is 4.31 Å². The molecule has 0 spiro atoms. The van der Waals surface area contributed by atoms with Crippen LogP contribution in [-0.4, -0.2) is 31.7 Å². The van der Waals surface area contributed by atoms with Gasteiger partial charge in [0.25, 0.3) is 5.91 Å². The van der Waals surface area contributed by atoms with Crippen LogP contribution in [0.4, 0.5) is 5.69 Å². The smallest absolute Gasteiger partial charge is 0.255 e. The molecular weight excluding hydrogens is 384 g/mol. The molecule has 1 aliphatic heterocycles. The second-order valence-corrected chi connectivity index (χ2v) is 9.40. The summed E-state index contributed by atoms with van der Waals surface area (Å²) < 4.78 is 27.0. The fourth-order valence-electron chi connectivity index (χ4n) is 3.11.